The van der Waals surface area contributed by atoms with Crippen LogP contribution in [0.3, 0.4) is 0 Å². The van der Waals surface area contributed by atoms with Gasteiger partial charge in [-0.3, -0.25) is 19.2 Å². The fourth-order valence-electron chi connectivity index (χ4n) is 5.92. The molecule has 0 aliphatic carbocycles. The van der Waals surface area contributed by atoms with E-state index in [4.69, 9.17) is 0 Å². The normalized spacial score (nSPS) is 12.1. The lowest BCUT2D eigenvalue weighted by Gasteiger charge is -2.16. The highest BCUT2D eigenvalue weighted by Gasteiger charge is 2.24. The molecule has 51 heavy (non-hydrogen) atoms. The summed E-state index contributed by atoms with van der Waals surface area (Å²) in [4.78, 5) is 72.2. The predicted molar refractivity (Wildman–Crippen MR) is 201 cm³/mol. The van der Waals surface area contributed by atoms with Crippen molar-refractivity contribution in [3.63, 3.8) is 0 Å². The van der Waals surface area contributed by atoms with Crippen LogP contribution in [0.25, 0.3) is 0 Å². The molecule has 2 atom stereocenters. The molecule has 0 heterocycles. The summed E-state index contributed by atoms with van der Waals surface area (Å²) in [6.07, 6.45) is 23.8. The van der Waals surface area contributed by atoms with Gasteiger partial charge in [-0.05, 0) is 51.4 Å². The summed E-state index contributed by atoms with van der Waals surface area (Å²) in [6, 6.07) is -2.40. The van der Waals surface area contributed by atoms with Crippen LogP contribution in [0.1, 0.15) is 187 Å². The maximum atomic E-state index is 12.4. The van der Waals surface area contributed by atoms with Gasteiger partial charge >= 0.3 is 11.9 Å². The van der Waals surface area contributed by atoms with Gasteiger partial charge in [-0.25, -0.2) is 9.59 Å². The number of carbonyl (C=O) groups is 6. The second kappa shape index (κ2) is 33.9. The van der Waals surface area contributed by atoms with Crippen molar-refractivity contribution >= 4 is 35.6 Å². The Balaban J connectivity index is 4.11. The fourth-order valence-corrected chi connectivity index (χ4v) is 5.92. The molecule has 0 aromatic heterocycles. The number of rotatable bonds is 36. The highest BCUT2D eigenvalue weighted by molar-refractivity contribution is 5.99. The molecule has 0 saturated carbocycles. The third-order valence-electron chi connectivity index (χ3n) is 9.09. The second-order valence-corrected chi connectivity index (χ2v) is 13.9. The van der Waals surface area contributed by atoms with Crippen molar-refractivity contribution in [3.05, 3.63) is 0 Å². The highest BCUT2D eigenvalue weighted by Crippen LogP contribution is 2.12. The van der Waals surface area contributed by atoms with E-state index in [1.54, 1.807) is 0 Å². The van der Waals surface area contributed by atoms with Crippen LogP contribution in [0.5, 0.6) is 0 Å². The maximum absolute atomic E-state index is 12.4. The summed E-state index contributed by atoms with van der Waals surface area (Å²) in [5.41, 5.74) is 0. The molecule has 4 amide bonds. The molecule has 0 unspecified atom stereocenters. The zero-order valence-electron chi connectivity index (χ0n) is 32.0. The maximum Gasteiger partial charge on any atom is 0.326 e. The monoisotopic (exact) mass is 725 g/mol. The molecule has 0 aliphatic rings. The standard InChI is InChI=1S/C39H72N4O8/c1-3-5-7-9-11-13-15-17-19-27-34(44)40-29-23-21-25-32(38(48)49)42-36(46)31-37(47)43-33(39(50)51)26-22-24-30-41-35(45)28-20-18-16-14-12-10-8-6-4-2/h32-33H,3-31H2,1-2H3,(H,40,44)(H,41,45)(H,42,46)(H,43,47)(H,48,49)(H,50,51)/t32-,33-/m0/s1. The minimum atomic E-state index is -1.23. The summed E-state index contributed by atoms with van der Waals surface area (Å²) >= 11 is 0. The first-order valence-electron chi connectivity index (χ1n) is 20.2. The number of nitrogens with one attached hydrogen (secondary N) is 4. The van der Waals surface area contributed by atoms with Crippen molar-refractivity contribution < 1.29 is 39.0 Å². The summed E-state index contributed by atoms with van der Waals surface area (Å²) in [5, 5.41) is 29.4. The lowest BCUT2D eigenvalue weighted by Crippen LogP contribution is -2.45. The largest absolute Gasteiger partial charge is 0.480 e. The lowest BCUT2D eigenvalue weighted by molar-refractivity contribution is -0.144. The molecule has 0 rings (SSSR count). The third kappa shape index (κ3) is 31.3. The number of carboxylic acid groups (broad SMARTS) is 2. The quantitative estimate of drug-likeness (QED) is 0.0296. The number of hydrogen-bond acceptors (Lipinski definition) is 6. The van der Waals surface area contributed by atoms with Gasteiger partial charge in [-0.2, -0.15) is 0 Å². The number of carbonyl (C=O) groups excluding carboxylic acids is 4. The number of amides is 4. The van der Waals surface area contributed by atoms with Gasteiger partial charge in [0.2, 0.25) is 23.6 Å². The predicted octanol–water partition coefficient (Wildman–Crippen LogP) is 6.93. The molecule has 0 aromatic rings. The van der Waals surface area contributed by atoms with Crippen molar-refractivity contribution in [2.24, 2.45) is 0 Å². The Morgan fingerprint density at radius 3 is 1.04 bits per heavy atom. The Morgan fingerprint density at radius 2 is 0.725 bits per heavy atom. The van der Waals surface area contributed by atoms with Gasteiger partial charge in [-0.15, -0.1) is 0 Å². The molecular weight excluding hydrogens is 652 g/mol. The Hall–Kier alpha value is -3.18. The molecule has 6 N–H and O–H groups in total. The van der Waals surface area contributed by atoms with Gasteiger partial charge in [0, 0.05) is 25.9 Å². The Kier molecular flexibility index (Phi) is 31.8. The van der Waals surface area contributed by atoms with Crippen molar-refractivity contribution in [2.75, 3.05) is 13.1 Å². The average Bonchev–Trinajstić information content (AvgIpc) is 3.08. The first-order chi connectivity index (χ1) is 24.6. The molecule has 0 radical (unpaired) electrons. The van der Waals surface area contributed by atoms with E-state index in [2.05, 4.69) is 35.1 Å². The highest BCUT2D eigenvalue weighted by atomic mass is 16.4. The van der Waals surface area contributed by atoms with Gasteiger partial charge in [0.05, 0.1) is 0 Å². The van der Waals surface area contributed by atoms with Crippen LogP contribution < -0.4 is 21.3 Å². The Morgan fingerprint density at radius 1 is 0.412 bits per heavy atom. The number of aliphatic carboxylic acids is 2. The molecule has 296 valence electrons. The topological polar surface area (TPSA) is 191 Å². The smallest absolute Gasteiger partial charge is 0.326 e. The summed E-state index contributed by atoms with van der Waals surface area (Å²) in [6.45, 7) is 5.25. The molecule has 12 heteroatoms. The van der Waals surface area contributed by atoms with E-state index in [1.165, 1.54) is 77.0 Å². The number of unbranched alkanes of at least 4 members (excludes halogenated alkanes) is 18. The van der Waals surface area contributed by atoms with E-state index in [1.807, 2.05) is 0 Å². The first kappa shape index (κ1) is 47.8. The molecule has 0 aliphatic heterocycles. The minimum Gasteiger partial charge on any atom is -0.480 e. The van der Waals surface area contributed by atoms with E-state index in [9.17, 15) is 39.0 Å². The zero-order valence-corrected chi connectivity index (χ0v) is 32.0. The average molecular weight is 725 g/mol. The summed E-state index contributed by atoms with van der Waals surface area (Å²) in [5.74, 6) is -4.12. The van der Waals surface area contributed by atoms with Gasteiger partial charge in [-0.1, -0.05) is 117 Å². The van der Waals surface area contributed by atoms with Crippen LogP contribution in [-0.2, 0) is 28.8 Å². The molecule has 0 spiro atoms. The van der Waals surface area contributed by atoms with Gasteiger partial charge < -0.3 is 31.5 Å². The van der Waals surface area contributed by atoms with Crippen molar-refractivity contribution in [2.45, 2.75) is 199 Å². The van der Waals surface area contributed by atoms with E-state index in [0.717, 1.165) is 38.5 Å². The molecule has 12 nitrogen and oxygen atoms in total. The molecule has 0 aromatic carbocycles. The van der Waals surface area contributed by atoms with Gasteiger partial charge in [0.15, 0.2) is 0 Å². The van der Waals surface area contributed by atoms with Crippen LogP contribution in [0, 0.1) is 0 Å². The molecule has 0 saturated heterocycles. The van der Waals surface area contributed by atoms with E-state index in [-0.39, 0.29) is 24.7 Å². The minimum absolute atomic E-state index is 0.0157. The van der Waals surface area contributed by atoms with Gasteiger partial charge in [0.1, 0.15) is 18.5 Å². The zero-order chi connectivity index (χ0) is 38.0. The van der Waals surface area contributed by atoms with Crippen molar-refractivity contribution in [1.82, 2.24) is 21.3 Å². The van der Waals surface area contributed by atoms with Crippen molar-refractivity contribution in [3.8, 4) is 0 Å². The fraction of sp³-hybridized carbons (Fsp3) is 0.846. The first-order valence-corrected chi connectivity index (χ1v) is 20.2. The SMILES string of the molecule is CCCCCCCCCCCC(=O)NCCCC[C@H](NC(=O)CC(=O)N[C@@H](CCCCNC(=O)CCCCCCCCCCC)C(=O)O)C(=O)O. The molecule has 0 fully saturated rings. The molecular formula is C39H72N4O8. The third-order valence-corrected chi connectivity index (χ3v) is 9.09. The second-order valence-electron chi connectivity index (χ2n) is 13.9. The number of hydrogen-bond donors (Lipinski definition) is 6. The van der Waals surface area contributed by atoms with E-state index in [0.29, 0.717) is 51.6 Å². The van der Waals surface area contributed by atoms with Crippen molar-refractivity contribution in [1.29, 1.82) is 0 Å². The summed E-state index contributed by atoms with van der Waals surface area (Å²) in [7, 11) is 0. The van der Waals surface area contributed by atoms with Crippen LogP contribution in [0.4, 0.5) is 0 Å². The van der Waals surface area contributed by atoms with E-state index >= 15 is 0 Å². The lowest BCUT2D eigenvalue weighted by atomic mass is 10.1. The van der Waals surface area contributed by atoms with Gasteiger partial charge in [0.25, 0.3) is 0 Å². The number of carboxylic acids is 2. The Bertz CT molecular complexity index is 887. The Labute approximate surface area is 307 Å². The van der Waals surface area contributed by atoms with Crippen LogP contribution in [0.2, 0.25) is 0 Å². The van der Waals surface area contributed by atoms with Crippen LogP contribution in [0.15, 0.2) is 0 Å². The molecule has 0 bridgehead atoms. The summed E-state index contributed by atoms with van der Waals surface area (Å²) < 4.78 is 0. The van der Waals surface area contributed by atoms with Crippen LogP contribution in [-0.4, -0.2) is 71.0 Å². The van der Waals surface area contributed by atoms with E-state index < -0.39 is 42.3 Å². The van der Waals surface area contributed by atoms with Crippen LogP contribution >= 0.6 is 0 Å².